The first kappa shape index (κ1) is 15.9. The van der Waals surface area contributed by atoms with Gasteiger partial charge in [-0.05, 0) is 49.7 Å². The van der Waals surface area contributed by atoms with Crippen LogP contribution in [0.4, 0.5) is 13.2 Å². The van der Waals surface area contributed by atoms with Crippen molar-refractivity contribution in [1.82, 2.24) is 5.32 Å². The van der Waals surface area contributed by atoms with E-state index in [2.05, 4.69) is 5.32 Å². The molecule has 0 amide bonds. The number of hydrogen-bond donors (Lipinski definition) is 1. The van der Waals surface area contributed by atoms with E-state index in [1.54, 1.807) is 20.0 Å². The van der Waals surface area contributed by atoms with Crippen LogP contribution in [0.1, 0.15) is 22.7 Å². The predicted molar refractivity (Wildman–Crippen MR) is 78.0 cm³/mol. The molecule has 0 aliphatic rings. The second-order valence-corrected chi connectivity index (χ2v) is 5.29. The number of likely N-dealkylation sites (N-methyl/N-ethyl adjacent to an activating group) is 1. The third-order valence-corrected chi connectivity index (χ3v) is 3.73. The van der Waals surface area contributed by atoms with E-state index in [9.17, 15) is 13.2 Å². The molecule has 0 aliphatic carbocycles. The van der Waals surface area contributed by atoms with E-state index in [1.807, 2.05) is 0 Å². The molecule has 21 heavy (non-hydrogen) atoms. The largest absolute Gasteiger partial charge is 0.313 e. The number of benzene rings is 2. The van der Waals surface area contributed by atoms with Gasteiger partial charge in [-0.3, -0.25) is 0 Å². The number of rotatable bonds is 4. The summed E-state index contributed by atoms with van der Waals surface area (Å²) in [7, 11) is 1.62. The Kier molecular flexibility index (Phi) is 4.91. The van der Waals surface area contributed by atoms with Crippen molar-refractivity contribution in [2.24, 2.45) is 0 Å². The molecular weight excluding hydrogens is 299 g/mol. The van der Waals surface area contributed by atoms with Crippen molar-refractivity contribution in [2.75, 3.05) is 7.05 Å². The zero-order chi connectivity index (χ0) is 15.6. The maximum atomic E-state index is 14.2. The Labute approximate surface area is 126 Å². The predicted octanol–water partition coefficient (Wildman–Crippen LogP) is 4.57. The molecule has 2 rings (SSSR count). The van der Waals surface area contributed by atoms with Crippen LogP contribution in [0.15, 0.2) is 30.3 Å². The quantitative estimate of drug-likeness (QED) is 0.872. The molecule has 0 heterocycles. The van der Waals surface area contributed by atoms with Gasteiger partial charge in [-0.1, -0.05) is 23.7 Å². The topological polar surface area (TPSA) is 12.0 Å². The summed E-state index contributed by atoms with van der Waals surface area (Å²) in [6, 6.07) is 6.34. The lowest BCUT2D eigenvalue weighted by molar-refractivity contribution is 0.486. The molecule has 1 atom stereocenters. The first-order valence-corrected chi connectivity index (χ1v) is 6.87. The summed E-state index contributed by atoms with van der Waals surface area (Å²) >= 11 is 5.73. The van der Waals surface area contributed by atoms with Gasteiger partial charge in [0.1, 0.15) is 17.5 Å². The smallest absolute Gasteiger partial charge is 0.141 e. The standard InChI is InChI=1S/C16H15ClF3N/c1-9-3-5-13(19)15(16(9)20)14(21-2)8-10-4-6-12(18)11(17)7-10/h3-7,14,21H,8H2,1-2H3. The van der Waals surface area contributed by atoms with Gasteiger partial charge in [-0.2, -0.15) is 0 Å². The van der Waals surface area contributed by atoms with Gasteiger partial charge in [0.05, 0.1) is 5.02 Å². The zero-order valence-electron chi connectivity index (χ0n) is 11.7. The summed E-state index contributed by atoms with van der Waals surface area (Å²) in [5.74, 6) is -1.69. The zero-order valence-corrected chi connectivity index (χ0v) is 12.4. The van der Waals surface area contributed by atoms with Crippen molar-refractivity contribution in [3.63, 3.8) is 0 Å². The molecule has 0 fully saturated rings. The first-order valence-electron chi connectivity index (χ1n) is 6.49. The molecule has 0 aromatic heterocycles. The number of hydrogen-bond acceptors (Lipinski definition) is 1. The van der Waals surface area contributed by atoms with E-state index in [0.29, 0.717) is 17.5 Å². The van der Waals surface area contributed by atoms with Gasteiger partial charge >= 0.3 is 0 Å². The number of nitrogens with one attached hydrogen (secondary N) is 1. The highest BCUT2D eigenvalue weighted by atomic mass is 35.5. The fraction of sp³-hybridized carbons (Fsp3) is 0.250. The van der Waals surface area contributed by atoms with Crippen LogP contribution < -0.4 is 5.32 Å². The van der Waals surface area contributed by atoms with Crippen LogP contribution >= 0.6 is 11.6 Å². The average molecular weight is 314 g/mol. The van der Waals surface area contributed by atoms with Crippen molar-refractivity contribution in [2.45, 2.75) is 19.4 Å². The van der Waals surface area contributed by atoms with Crippen molar-refractivity contribution in [3.8, 4) is 0 Å². The van der Waals surface area contributed by atoms with Crippen molar-refractivity contribution < 1.29 is 13.2 Å². The van der Waals surface area contributed by atoms with E-state index in [4.69, 9.17) is 11.6 Å². The van der Waals surface area contributed by atoms with Gasteiger partial charge in [-0.15, -0.1) is 0 Å². The van der Waals surface area contributed by atoms with E-state index in [0.717, 1.165) is 0 Å². The van der Waals surface area contributed by atoms with Crippen LogP contribution in [-0.2, 0) is 6.42 Å². The molecule has 1 nitrogen and oxygen atoms in total. The third kappa shape index (κ3) is 3.39. The van der Waals surface area contributed by atoms with Gasteiger partial charge in [0.2, 0.25) is 0 Å². The highest BCUT2D eigenvalue weighted by Gasteiger charge is 2.21. The van der Waals surface area contributed by atoms with Gasteiger partial charge in [0.15, 0.2) is 0 Å². The van der Waals surface area contributed by atoms with Crippen molar-refractivity contribution >= 4 is 11.6 Å². The van der Waals surface area contributed by atoms with Gasteiger partial charge in [0.25, 0.3) is 0 Å². The highest BCUT2D eigenvalue weighted by molar-refractivity contribution is 6.30. The Hall–Kier alpha value is -1.52. The van der Waals surface area contributed by atoms with Crippen LogP contribution in [0.2, 0.25) is 5.02 Å². The molecule has 5 heteroatoms. The summed E-state index contributed by atoms with van der Waals surface area (Å²) < 4.78 is 41.3. The lowest BCUT2D eigenvalue weighted by Gasteiger charge is -2.19. The molecule has 2 aromatic carbocycles. The Balaban J connectivity index is 2.36. The summed E-state index contributed by atoms with van der Waals surface area (Å²) in [4.78, 5) is 0. The molecule has 1 unspecified atom stereocenters. The van der Waals surface area contributed by atoms with E-state index >= 15 is 0 Å². The SMILES string of the molecule is CNC(Cc1ccc(F)c(Cl)c1)c1c(F)ccc(C)c1F. The lowest BCUT2D eigenvalue weighted by Crippen LogP contribution is -2.22. The maximum Gasteiger partial charge on any atom is 0.141 e. The highest BCUT2D eigenvalue weighted by Crippen LogP contribution is 2.27. The van der Waals surface area contributed by atoms with Crippen LogP contribution in [0.3, 0.4) is 0 Å². The summed E-state index contributed by atoms with van der Waals surface area (Å²) in [5, 5.41) is 2.89. The van der Waals surface area contributed by atoms with E-state index in [-0.39, 0.29) is 10.6 Å². The second-order valence-electron chi connectivity index (χ2n) is 4.89. The van der Waals surface area contributed by atoms with Crippen LogP contribution in [-0.4, -0.2) is 7.05 Å². The molecular formula is C16H15ClF3N. The molecule has 0 aliphatic heterocycles. The van der Waals surface area contributed by atoms with Crippen LogP contribution in [0.25, 0.3) is 0 Å². The molecule has 0 spiro atoms. The molecule has 2 aromatic rings. The van der Waals surface area contributed by atoms with Gasteiger partial charge < -0.3 is 5.32 Å². The minimum Gasteiger partial charge on any atom is -0.313 e. The van der Waals surface area contributed by atoms with Crippen LogP contribution in [0, 0.1) is 24.4 Å². The number of aryl methyl sites for hydroxylation is 1. The minimum atomic E-state index is -0.606. The normalized spacial score (nSPS) is 12.5. The Morgan fingerprint density at radius 1 is 1.10 bits per heavy atom. The summed E-state index contributed by atoms with van der Waals surface area (Å²) in [6.45, 7) is 1.58. The Morgan fingerprint density at radius 2 is 1.76 bits per heavy atom. The lowest BCUT2D eigenvalue weighted by atomic mass is 9.96. The molecule has 0 saturated heterocycles. The maximum absolute atomic E-state index is 14.2. The minimum absolute atomic E-state index is 0.00691. The molecule has 0 radical (unpaired) electrons. The third-order valence-electron chi connectivity index (χ3n) is 3.44. The van der Waals surface area contributed by atoms with Crippen molar-refractivity contribution in [3.05, 3.63) is 69.5 Å². The number of halogens is 4. The molecule has 0 bridgehead atoms. The van der Waals surface area contributed by atoms with Crippen LogP contribution in [0.5, 0.6) is 0 Å². The van der Waals surface area contributed by atoms with E-state index < -0.39 is 23.5 Å². The Morgan fingerprint density at radius 3 is 2.38 bits per heavy atom. The fourth-order valence-corrected chi connectivity index (χ4v) is 2.45. The fourth-order valence-electron chi connectivity index (χ4n) is 2.25. The van der Waals surface area contributed by atoms with Gasteiger partial charge in [-0.25, -0.2) is 13.2 Å². The van der Waals surface area contributed by atoms with Crippen molar-refractivity contribution in [1.29, 1.82) is 0 Å². The second kappa shape index (κ2) is 6.50. The molecule has 112 valence electrons. The first-order chi connectivity index (χ1) is 9.93. The Bertz CT molecular complexity index is 658. The molecule has 1 N–H and O–H groups in total. The summed E-state index contributed by atoms with van der Waals surface area (Å²) in [6.07, 6.45) is 0.299. The molecule has 0 saturated carbocycles. The van der Waals surface area contributed by atoms with E-state index in [1.165, 1.54) is 24.3 Å². The monoisotopic (exact) mass is 313 g/mol. The average Bonchev–Trinajstić information content (AvgIpc) is 2.46. The van der Waals surface area contributed by atoms with Gasteiger partial charge in [0, 0.05) is 11.6 Å². The summed E-state index contributed by atoms with van der Waals surface area (Å²) in [5.41, 5.74) is 1.06.